The van der Waals surface area contributed by atoms with E-state index in [1.54, 1.807) is 11.8 Å². The van der Waals surface area contributed by atoms with E-state index in [-0.39, 0.29) is 18.3 Å². The third-order valence-corrected chi connectivity index (χ3v) is 3.96. The van der Waals surface area contributed by atoms with Gasteiger partial charge in [0.2, 0.25) is 5.91 Å². The first-order chi connectivity index (χ1) is 9.79. The van der Waals surface area contributed by atoms with Crippen molar-refractivity contribution in [3.63, 3.8) is 0 Å². The Kier molecular flexibility index (Phi) is 8.20. The number of rotatable bonds is 7. The van der Waals surface area contributed by atoms with E-state index in [1.165, 1.54) is 10.8 Å². The molecule has 2 aromatic carbocycles. The Morgan fingerprint density at radius 1 is 1.10 bits per heavy atom. The van der Waals surface area contributed by atoms with Gasteiger partial charge in [-0.05, 0) is 29.4 Å². The summed E-state index contributed by atoms with van der Waals surface area (Å²) in [5.74, 6) is 0.547. The first-order valence-electron chi connectivity index (χ1n) is 6.88. The molecule has 0 aliphatic heterocycles. The van der Waals surface area contributed by atoms with Crippen molar-refractivity contribution in [2.24, 2.45) is 0 Å². The van der Waals surface area contributed by atoms with Crippen LogP contribution in [0.4, 0.5) is 0 Å². The standard InChI is InChI=1S/C16H20N2OS.ClH/c1-2-17-9-10-18-16(19)12-20-15-8-7-13-5-3-4-6-14(13)11-15;/h3-8,11,17H,2,9-10,12H2,1H3,(H,18,19);1H. The van der Waals surface area contributed by atoms with Crippen LogP contribution in [-0.4, -0.2) is 31.3 Å². The van der Waals surface area contributed by atoms with E-state index in [0.717, 1.165) is 18.0 Å². The van der Waals surface area contributed by atoms with Crippen molar-refractivity contribution < 1.29 is 4.79 Å². The van der Waals surface area contributed by atoms with Crippen molar-refractivity contribution in [3.8, 4) is 0 Å². The molecule has 0 aliphatic rings. The fourth-order valence-corrected chi connectivity index (χ4v) is 2.70. The minimum atomic E-state index is 0. The summed E-state index contributed by atoms with van der Waals surface area (Å²) in [6.07, 6.45) is 0. The lowest BCUT2D eigenvalue weighted by molar-refractivity contribution is -0.118. The molecule has 0 saturated carbocycles. The Balaban J connectivity index is 0.00000220. The highest BCUT2D eigenvalue weighted by atomic mass is 35.5. The maximum Gasteiger partial charge on any atom is 0.230 e. The van der Waals surface area contributed by atoms with Gasteiger partial charge in [-0.3, -0.25) is 4.79 Å². The molecule has 1 amide bonds. The molecule has 0 heterocycles. The van der Waals surface area contributed by atoms with Gasteiger partial charge in [-0.1, -0.05) is 37.3 Å². The molecule has 0 atom stereocenters. The topological polar surface area (TPSA) is 41.1 Å². The van der Waals surface area contributed by atoms with Gasteiger partial charge in [0.05, 0.1) is 5.75 Å². The number of amides is 1. The number of carbonyl (C=O) groups excluding carboxylic acids is 1. The number of likely N-dealkylation sites (N-methyl/N-ethyl adjacent to an activating group) is 1. The molecular weight excluding hydrogens is 304 g/mol. The minimum Gasteiger partial charge on any atom is -0.354 e. The largest absolute Gasteiger partial charge is 0.354 e. The second-order valence-electron chi connectivity index (χ2n) is 4.50. The molecule has 0 bridgehead atoms. The van der Waals surface area contributed by atoms with Gasteiger partial charge in [0, 0.05) is 18.0 Å². The zero-order valence-corrected chi connectivity index (χ0v) is 13.7. The summed E-state index contributed by atoms with van der Waals surface area (Å²) >= 11 is 1.57. The molecule has 0 unspecified atom stereocenters. The van der Waals surface area contributed by atoms with Crippen LogP contribution in [0.1, 0.15) is 6.92 Å². The molecule has 0 aliphatic carbocycles. The quantitative estimate of drug-likeness (QED) is 0.607. The number of halogens is 1. The summed E-state index contributed by atoms with van der Waals surface area (Å²) in [6, 6.07) is 14.6. The van der Waals surface area contributed by atoms with Crippen molar-refractivity contribution in [3.05, 3.63) is 42.5 Å². The Hall–Kier alpha value is -1.23. The number of hydrogen-bond donors (Lipinski definition) is 2. The van der Waals surface area contributed by atoms with E-state index in [0.29, 0.717) is 12.3 Å². The van der Waals surface area contributed by atoms with Gasteiger partial charge in [-0.15, -0.1) is 24.2 Å². The molecule has 0 spiro atoms. The fourth-order valence-electron chi connectivity index (χ4n) is 1.92. The summed E-state index contributed by atoms with van der Waals surface area (Å²) in [5, 5.41) is 8.52. The van der Waals surface area contributed by atoms with E-state index in [4.69, 9.17) is 0 Å². The second-order valence-corrected chi connectivity index (χ2v) is 5.55. The Morgan fingerprint density at radius 3 is 2.62 bits per heavy atom. The minimum absolute atomic E-state index is 0. The SMILES string of the molecule is CCNCCNC(=O)CSc1ccc2ccccc2c1.Cl. The van der Waals surface area contributed by atoms with Crippen LogP contribution in [-0.2, 0) is 4.79 Å². The predicted octanol–water partition coefficient (Wildman–Crippen LogP) is 3.08. The van der Waals surface area contributed by atoms with E-state index in [2.05, 4.69) is 47.9 Å². The molecule has 0 aromatic heterocycles. The first kappa shape index (κ1) is 17.8. The van der Waals surface area contributed by atoms with Crippen molar-refractivity contribution in [2.45, 2.75) is 11.8 Å². The molecule has 114 valence electrons. The molecule has 0 radical (unpaired) electrons. The van der Waals surface area contributed by atoms with Crippen molar-refractivity contribution in [1.82, 2.24) is 10.6 Å². The summed E-state index contributed by atoms with van der Waals surface area (Å²) in [7, 11) is 0. The summed E-state index contributed by atoms with van der Waals surface area (Å²) in [5.41, 5.74) is 0. The van der Waals surface area contributed by atoms with Crippen LogP contribution >= 0.6 is 24.2 Å². The van der Waals surface area contributed by atoms with Crippen LogP contribution in [0.15, 0.2) is 47.4 Å². The van der Waals surface area contributed by atoms with Crippen LogP contribution in [0.25, 0.3) is 10.8 Å². The highest BCUT2D eigenvalue weighted by Gasteiger charge is 2.03. The molecular formula is C16H21ClN2OS. The van der Waals surface area contributed by atoms with E-state index in [9.17, 15) is 4.79 Å². The average Bonchev–Trinajstić information content (AvgIpc) is 2.49. The summed E-state index contributed by atoms with van der Waals surface area (Å²) in [6.45, 7) is 4.49. The number of hydrogen-bond acceptors (Lipinski definition) is 3. The van der Waals surface area contributed by atoms with E-state index in [1.807, 2.05) is 12.1 Å². The molecule has 0 saturated heterocycles. The van der Waals surface area contributed by atoms with Crippen LogP contribution in [0.3, 0.4) is 0 Å². The van der Waals surface area contributed by atoms with E-state index < -0.39 is 0 Å². The summed E-state index contributed by atoms with van der Waals surface area (Å²) in [4.78, 5) is 12.8. The molecule has 0 fully saturated rings. The van der Waals surface area contributed by atoms with Crippen LogP contribution in [0.2, 0.25) is 0 Å². The lowest BCUT2D eigenvalue weighted by Gasteiger charge is -2.06. The zero-order chi connectivity index (χ0) is 14.2. The maximum atomic E-state index is 11.7. The number of fused-ring (bicyclic) bond motifs is 1. The van der Waals surface area contributed by atoms with Gasteiger partial charge < -0.3 is 10.6 Å². The number of benzene rings is 2. The van der Waals surface area contributed by atoms with Gasteiger partial charge in [0.1, 0.15) is 0 Å². The number of thioether (sulfide) groups is 1. The van der Waals surface area contributed by atoms with Crippen molar-refractivity contribution >= 4 is 40.8 Å². The zero-order valence-electron chi connectivity index (χ0n) is 12.1. The molecule has 2 rings (SSSR count). The molecule has 3 nitrogen and oxygen atoms in total. The number of nitrogens with one attached hydrogen (secondary N) is 2. The van der Waals surface area contributed by atoms with Gasteiger partial charge in [-0.2, -0.15) is 0 Å². The third-order valence-electron chi connectivity index (χ3n) is 2.96. The Bertz CT molecular complexity index is 577. The summed E-state index contributed by atoms with van der Waals surface area (Å²) < 4.78 is 0. The molecule has 2 N–H and O–H groups in total. The molecule has 5 heteroatoms. The maximum absolute atomic E-state index is 11.7. The Labute approximate surface area is 136 Å². The lowest BCUT2D eigenvalue weighted by atomic mass is 10.1. The van der Waals surface area contributed by atoms with Crippen LogP contribution in [0.5, 0.6) is 0 Å². The smallest absolute Gasteiger partial charge is 0.230 e. The normalized spacial score (nSPS) is 10.1. The fraction of sp³-hybridized carbons (Fsp3) is 0.312. The van der Waals surface area contributed by atoms with Crippen molar-refractivity contribution in [1.29, 1.82) is 0 Å². The highest BCUT2D eigenvalue weighted by Crippen LogP contribution is 2.23. The monoisotopic (exact) mass is 324 g/mol. The molecule has 21 heavy (non-hydrogen) atoms. The second kappa shape index (κ2) is 9.66. The first-order valence-corrected chi connectivity index (χ1v) is 7.87. The molecule has 2 aromatic rings. The predicted molar refractivity (Wildman–Crippen MR) is 93.5 cm³/mol. The Morgan fingerprint density at radius 2 is 1.86 bits per heavy atom. The number of carbonyl (C=O) groups is 1. The van der Waals surface area contributed by atoms with Gasteiger partial charge in [-0.25, -0.2) is 0 Å². The third kappa shape index (κ3) is 5.96. The van der Waals surface area contributed by atoms with Crippen molar-refractivity contribution in [2.75, 3.05) is 25.4 Å². The van der Waals surface area contributed by atoms with Crippen LogP contribution in [0, 0.1) is 0 Å². The van der Waals surface area contributed by atoms with Gasteiger partial charge in [0.25, 0.3) is 0 Å². The van der Waals surface area contributed by atoms with Crippen LogP contribution < -0.4 is 10.6 Å². The lowest BCUT2D eigenvalue weighted by Crippen LogP contribution is -2.32. The highest BCUT2D eigenvalue weighted by molar-refractivity contribution is 8.00. The van der Waals surface area contributed by atoms with Gasteiger partial charge in [0.15, 0.2) is 0 Å². The average molecular weight is 325 g/mol. The van der Waals surface area contributed by atoms with Gasteiger partial charge >= 0.3 is 0 Å². The van der Waals surface area contributed by atoms with E-state index >= 15 is 0 Å².